The third-order valence-corrected chi connectivity index (χ3v) is 2.67. The molecule has 3 heteroatoms. The lowest BCUT2D eigenvalue weighted by molar-refractivity contribution is 0.293. The summed E-state index contributed by atoms with van der Waals surface area (Å²) in [6.07, 6.45) is 8.06. The number of hydrogen-bond acceptors (Lipinski definition) is 2. The molecule has 0 atom stereocenters. The summed E-state index contributed by atoms with van der Waals surface area (Å²) < 4.78 is 6.49. The quantitative estimate of drug-likeness (QED) is 0.694. The predicted molar refractivity (Wildman–Crippen MR) is 66.2 cm³/mol. The number of nitrogens with zero attached hydrogens (tertiary/aromatic N) is 1. The molecule has 0 aliphatic rings. The van der Waals surface area contributed by atoms with Crippen LogP contribution in [0.25, 0.3) is 0 Å². The smallest absolute Gasteiger partial charge is 0.213 e. The van der Waals surface area contributed by atoms with E-state index in [9.17, 15) is 0 Å². The van der Waals surface area contributed by atoms with Gasteiger partial charge < -0.3 is 4.74 Å². The summed E-state index contributed by atoms with van der Waals surface area (Å²) in [6.45, 7) is 3.00. The van der Waals surface area contributed by atoms with Crippen LogP contribution in [0.1, 0.15) is 39.0 Å². The summed E-state index contributed by atoms with van der Waals surface area (Å²) in [7, 11) is 0. The molecule has 84 valence electrons. The van der Waals surface area contributed by atoms with Crippen molar-refractivity contribution in [1.29, 1.82) is 0 Å². The molecule has 1 aromatic heterocycles. The Morgan fingerprint density at radius 3 is 2.67 bits per heavy atom. The Labute approximate surface area is 100 Å². The molecule has 0 aliphatic heterocycles. The van der Waals surface area contributed by atoms with Gasteiger partial charge in [0, 0.05) is 16.7 Å². The zero-order valence-corrected chi connectivity index (χ0v) is 10.8. The van der Waals surface area contributed by atoms with E-state index in [2.05, 4.69) is 27.8 Å². The third-order valence-electron chi connectivity index (χ3n) is 2.20. The van der Waals surface area contributed by atoms with Crippen LogP contribution in [0, 0.1) is 0 Å². The number of ether oxygens (including phenoxy) is 1. The van der Waals surface area contributed by atoms with Crippen molar-refractivity contribution in [2.45, 2.75) is 39.0 Å². The van der Waals surface area contributed by atoms with Gasteiger partial charge >= 0.3 is 0 Å². The highest BCUT2D eigenvalue weighted by atomic mass is 79.9. The van der Waals surface area contributed by atoms with E-state index in [-0.39, 0.29) is 0 Å². The van der Waals surface area contributed by atoms with Gasteiger partial charge in [0.2, 0.25) is 5.88 Å². The van der Waals surface area contributed by atoms with Gasteiger partial charge in [-0.1, -0.05) is 32.6 Å². The SMILES string of the molecule is CCCCCCCOc1ccc(Br)cn1. The lowest BCUT2D eigenvalue weighted by atomic mass is 10.2. The van der Waals surface area contributed by atoms with E-state index in [0.717, 1.165) is 17.5 Å². The fourth-order valence-corrected chi connectivity index (χ4v) is 1.56. The number of rotatable bonds is 7. The first-order valence-corrected chi connectivity index (χ1v) is 6.36. The molecule has 1 heterocycles. The van der Waals surface area contributed by atoms with Gasteiger partial charge in [-0.25, -0.2) is 4.98 Å². The molecule has 0 unspecified atom stereocenters. The minimum absolute atomic E-state index is 0.716. The molecule has 0 saturated heterocycles. The Morgan fingerprint density at radius 2 is 2.00 bits per heavy atom. The topological polar surface area (TPSA) is 22.1 Å². The van der Waals surface area contributed by atoms with Gasteiger partial charge in [0.15, 0.2) is 0 Å². The van der Waals surface area contributed by atoms with Crippen molar-refractivity contribution in [3.63, 3.8) is 0 Å². The van der Waals surface area contributed by atoms with Gasteiger partial charge in [-0.05, 0) is 28.4 Å². The molecule has 0 fully saturated rings. The molecular weight excluding hydrogens is 254 g/mol. The van der Waals surface area contributed by atoms with Crippen molar-refractivity contribution < 1.29 is 4.74 Å². The molecule has 2 nitrogen and oxygen atoms in total. The van der Waals surface area contributed by atoms with E-state index in [1.165, 1.54) is 25.7 Å². The highest BCUT2D eigenvalue weighted by Crippen LogP contribution is 2.12. The fourth-order valence-electron chi connectivity index (χ4n) is 1.33. The van der Waals surface area contributed by atoms with E-state index in [1.807, 2.05) is 12.1 Å². The van der Waals surface area contributed by atoms with Crippen LogP contribution >= 0.6 is 15.9 Å². The van der Waals surface area contributed by atoms with Crippen LogP contribution in [0.5, 0.6) is 5.88 Å². The Bertz CT molecular complexity index is 261. The molecular formula is C12H18BrNO. The van der Waals surface area contributed by atoms with Crippen LogP contribution in [0.2, 0.25) is 0 Å². The van der Waals surface area contributed by atoms with Crippen LogP contribution in [0.4, 0.5) is 0 Å². The molecule has 0 bridgehead atoms. The largest absolute Gasteiger partial charge is 0.478 e. The second-order valence-electron chi connectivity index (χ2n) is 3.58. The van der Waals surface area contributed by atoms with Crippen molar-refractivity contribution in [3.8, 4) is 5.88 Å². The van der Waals surface area contributed by atoms with E-state index in [1.54, 1.807) is 6.20 Å². The summed E-state index contributed by atoms with van der Waals surface area (Å²) in [5.41, 5.74) is 0. The van der Waals surface area contributed by atoms with Crippen molar-refractivity contribution in [2.75, 3.05) is 6.61 Å². The standard InChI is InChI=1S/C12H18BrNO/c1-2-3-4-5-6-9-15-12-8-7-11(13)10-14-12/h7-8,10H,2-6,9H2,1H3. The molecule has 1 aromatic rings. The van der Waals surface area contributed by atoms with Crippen LogP contribution < -0.4 is 4.74 Å². The van der Waals surface area contributed by atoms with Gasteiger partial charge in [-0.3, -0.25) is 0 Å². The summed E-state index contributed by atoms with van der Waals surface area (Å²) in [6, 6.07) is 3.83. The number of pyridine rings is 1. The first kappa shape index (κ1) is 12.5. The Hall–Kier alpha value is -0.570. The van der Waals surface area contributed by atoms with Gasteiger partial charge in [-0.2, -0.15) is 0 Å². The average Bonchev–Trinajstić information content (AvgIpc) is 2.26. The monoisotopic (exact) mass is 271 g/mol. The zero-order chi connectivity index (χ0) is 10.9. The Balaban J connectivity index is 2.07. The number of unbranched alkanes of at least 4 members (excludes halogenated alkanes) is 4. The molecule has 0 aliphatic carbocycles. The summed E-state index contributed by atoms with van der Waals surface area (Å²) in [5.74, 6) is 0.716. The van der Waals surface area contributed by atoms with Crippen LogP contribution in [-0.4, -0.2) is 11.6 Å². The predicted octanol–water partition coefficient (Wildman–Crippen LogP) is 4.19. The highest BCUT2D eigenvalue weighted by molar-refractivity contribution is 9.10. The van der Waals surface area contributed by atoms with Gasteiger partial charge in [0.05, 0.1) is 6.61 Å². The molecule has 15 heavy (non-hydrogen) atoms. The molecule has 0 amide bonds. The minimum atomic E-state index is 0.716. The second kappa shape index (κ2) is 7.69. The average molecular weight is 272 g/mol. The van der Waals surface area contributed by atoms with E-state index in [4.69, 9.17) is 4.74 Å². The van der Waals surface area contributed by atoms with Crippen molar-refractivity contribution in [1.82, 2.24) is 4.98 Å². The van der Waals surface area contributed by atoms with E-state index >= 15 is 0 Å². The summed E-state index contributed by atoms with van der Waals surface area (Å²) in [5, 5.41) is 0. The Kier molecular flexibility index (Phi) is 6.41. The molecule has 0 saturated carbocycles. The highest BCUT2D eigenvalue weighted by Gasteiger charge is 1.95. The maximum atomic E-state index is 5.51. The summed E-state index contributed by atoms with van der Waals surface area (Å²) in [4.78, 5) is 4.14. The number of halogens is 1. The van der Waals surface area contributed by atoms with E-state index in [0.29, 0.717) is 5.88 Å². The van der Waals surface area contributed by atoms with Crippen LogP contribution in [0.15, 0.2) is 22.8 Å². The van der Waals surface area contributed by atoms with Crippen molar-refractivity contribution in [3.05, 3.63) is 22.8 Å². The number of aromatic nitrogens is 1. The van der Waals surface area contributed by atoms with Gasteiger partial charge in [0.25, 0.3) is 0 Å². The van der Waals surface area contributed by atoms with E-state index < -0.39 is 0 Å². The Morgan fingerprint density at radius 1 is 1.20 bits per heavy atom. The molecule has 0 N–H and O–H groups in total. The molecule has 0 spiro atoms. The third kappa shape index (κ3) is 5.78. The lowest BCUT2D eigenvalue weighted by Gasteiger charge is -2.04. The van der Waals surface area contributed by atoms with Gasteiger partial charge in [-0.15, -0.1) is 0 Å². The fraction of sp³-hybridized carbons (Fsp3) is 0.583. The van der Waals surface area contributed by atoms with Crippen LogP contribution in [-0.2, 0) is 0 Å². The molecule has 1 rings (SSSR count). The number of hydrogen-bond donors (Lipinski definition) is 0. The first-order valence-electron chi connectivity index (χ1n) is 5.57. The first-order chi connectivity index (χ1) is 7.33. The van der Waals surface area contributed by atoms with Crippen molar-refractivity contribution >= 4 is 15.9 Å². The van der Waals surface area contributed by atoms with Gasteiger partial charge in [0.1, 0.15) is 0 Å². The molecule has 0 aromatic carbocycles. The maximum absolute atomic E-state index is 5.51. The second-order valence-corrected chi connectivity index (χ2v) is 4.49. The maximum Gasteiger partial charge on any atom is 0.213 e. The van der Waals surface area contributed by atoms with Crippen molar-refractivity contribution in [2.24, 2.45) is 0 Å². The van der Waals surface area contributed by atoms with Crippen LogP contribution in [0.3, 0.4) is 0 Å². The lowest BCUT2D eigenvalue weighted by Crippen LogP contribution is -1.98. The summed E-state index contributed by atoms with van der Waals surface area (Å²) >= 11 is 3.34. The zero-order valence-electron chi connectivity index (χ0n) is 9.21. The molecule has 0 radical (unpaired) electrons. The normalized spacial score (nSPS) is 10.3. The minimum Gasteiger partial charge on any atom is -0.478 e.